The molecule has 0 bridgehead atoms. The van der Waals surface area contributed by atoms with Gasteiger partial charge in [0.05, 0.1) is 5.56 Å². The molecule has 0 saturated heterocycles. The summed E-state index contributed by atoms with van der Waals surface area (Å²) in [4.78, 5) is 15.8. The zero-order valence-corrected chi connectivity index (χ0v) is 16.6. The van der Waals surface area contributed by atoms with E-state index in [-0.39, 0.29) is 17.0 Å². The van der Waals surface area contributed by atoms with E-state index in [2.05, 4.69) is 22.6 Å². The summed E-state index contributed by atoms with van der Waals surface area (Å²) in [5, 5.41) is 7.12. The number of hydrogen-bond donors (Lipinski definition) is 3. The smallest absolute Gasteiger partial charge is 0.475 e. The van der Waals surface area contributed by atoms with Crippen molar-refractivity contribution >= 4 is 29.6 Å². The molecule has 3 rings (SSSR count). The average Bonchev–Trinajstić information content (AvgIpc) is 3.15. The Kier molecular flexibility index (Phi) is 7.75. The first kappa shape index (κ1) is 25.4. The number of thiol groups is 1. The van der Waals surface area contributed by atoms with Crippen LogP contribution in [-0.2, 0) is 17.4 Å². The van der Waals surface area contributed by atoms with Crippen LogP contribution in [0.4, 0.5) is 35.1 Å². The van der Waals surface area contributed by atoms with Crippen LogP contribution in [0.1, 0.15) is 22.9 Å². The molecule has 2 N–H and O–H groups in total. The van der Waals surface area contributed by atoms with E-state index >= 15 is 0 Å². The predicted molar refractivity (Wildman–Crippen MR) is 101 cm³/mol. The van der Waals surface area contributed by atoms with Crippen LogP contribution in [0, 0.1) is 11.6 Å². The van der Waals surface area contributed by atoms with E-state index in [4.69, 9.17) is 9.90 Å². The molecule has 3 aromatic rings. The number of aromatic nitrogens is 2. The maximum absolute atomic E-state index is 13.8. The van der Waals surface area contributed by atoms with Crippen molar-refractivity contribution in [1.29, 1.82) is 0 Å². The lowest BCUT2D eigenvalue weighted by atomic mass is 9.99. The third kappa shape index (κ3) is 6.34. The van der Waals surface area contributed by atoms with Gasteiger partial charge in [-0.05, 0) is 36.2 Å². The molecule has 1 heterocycles. The highest BCUT2D eigenvalue weighted by atomic mass is 32.1. The van der Waals surface area contributed by atoms with E-state index in [0.29, 0.717) is 23.6 Å². The molecule has 0 aliphatic rings. The van der Waals surface area contributed by atoms with Crippen LogP contribution in [0.2, 0.25) is 0 Å². The third-order valence-electron chi connectivity index (χ3n) is 4.18. The predicted octanol–water partition coefficient (Wildman–Crippen LogP) is 5.75. The minimum absolute atomic E-state index is 0.0331. The Labute approximate surface area is 180 Å². The molecule has 1 atom stereocenters. The van der Waals surface area contributed by atoms with Gasteiger partial charge in [0.25, 0.3) is 0 Å². The van der Waals surface area contributed by atoms with Crippen LogP contribution in [0.3, 0.4) is 0 Å². The number of fused-ring (bicyclic) bond motifs is 1. The highest BCUT2D eigenvalue weighted by Crippen LogP contribution is 2.30. The maximum Gasteiger partial charge on any atom is 0.490 e. The number of imidazole rings is 1. The van der Waals surface area contributed by atoms with Gasteiger partial charge in [-0.3, -0.25) is 0 Å². The van der Waals surface area contributed by atoms with Gasteiger partial charge >= 0.3 is 18.3 Å². The van der Waals surface area contributed by atoms with E-state index in [0.717, 1.165) is 24.3 Å². The number of hydrogen-bond acceptors (Lipinski definition) is 3. The summed E-state index contributed by atoms with van der Waals surface area (Å²) >= 11 is 4.23. The van der Waals surface area contributed by atoms with E-state index in [1.54, 1.807) is 0 Å². The molecular weight excluding hydrogens is 472 g/mol. The standard InChI is InChI=1S/C17H13F5N2S.C2HF3O2/c18-12-5-6-13(19)15-14(12)23-16(24-15)10(8-25)7-9-1-3-11(4-2-9)17(20,21)22;3-2(4,5)1(6)7/h1-6,10,25H,7-8H2,(H,23,24);(H,6,7)/t10-;/m1./s1. The van der Waals surface area contributed by atoms with Crippen molar-refractivity contribution < 1.29 is 45.0 Å². The molecule has 1 aromatic heterocycles. The van der Waals surface area contributed by atoms with Gasteiger partial charge in [-0.1, -0.05) is 12.1 Å². The van der Waals surface area contributed by atoms with Crippen LogP contribution >= 0.6 is 12.6 Å². The first-order valence-corrected chi connectivity index (χ1v) is 9.28. The van der Waals surface area contributed by atoms with Crippen molar-refractivity contribution in [1.82, 2.24) is 9.97 Å². The van der Waals surface area contributed by atoms with Gasteiger partial charge in [0.1, 0.15) is 22.7 Å². The van der Waals surface area contributed by atoms with Gasteiger partial charge in [0.2, 0.25) is 0 Å². The molecule has 0 amide bonds. The van der Waals surface area contributed by atoms with Gasteiger partial charge in [-0.25, -0.2) is 18.6 Å². The fourth-order valence-electron chi connectivity index (χ4n) is 2.60. The van der Waals surface area contributed by atoms with Gasteiger partial charge in [0.15, 0.2) is 5.82 Å². The minimum Gasteiger partial charge on any atom is -0.475 e. The fourth-order valence-corrected chi connectivity index (χ4v) is 2.90. The van der Waals surface area contributed by atoms with E-state index in [1.807, 2.05) is 0 Å². The number of carboxylic acid groups (broad SMARTS) is 1. The molecule has 0 aliphatic carbocycles. The Hall–Kier alpha value is -2.83. The lowest BCUT2D eigenvalue weighted by Crippen LogP contribution is -2.21. The van der Waals surface area contributed by atoms with Crippen LogP contribution in [0.25, 0.3) is 11.0 Å². The zero-order chi connectivity index (χ0) is 24.3. The van der Waals surface area contributed by atoms with E-state index in [9.17, 15) is 35.1 Å². The van der Waals surface area contributed by atoms with Crippen molar-refractivity contribution in [3.05, 3.63) is 65.0 Å². The first-order chi connectivity index (χ1) is 14.7. The maximum atomic E-state index is 13.8. The highest BCUT2D eigenvalue weighted by molar-refractivity contribution is 7.80. The van der Waals surface area contributed by atoms with Crippen molar-refractivity contribution in [3.63, 3.8) is 0 Å². The van der Waals surface area contributed by atoms with Gasteiger partial charge in [0, 0.05) is 11.7 Å². The highest BCUT2D eigenvalue weighted by Gasteiger charge is 2.38. The van der Waals surface area contributed by atoms with Crippen LogP contribution < -0.4 is 0 Å². The van der Waals surface area contributed by atoms with Crippen LogP contribution in [-0.4, -0.2) is 33.0 Å². The van der Waals surface area contributed by atoms with Gasteiger partial charge < -0.3 is 10.1 Å². The summed E-state index contributed by atoms with van der Waals surface area (Å²) in [7, 11) is 0. The monoisotopic (exact) mass is 486 g/mol. The summed E-state index contributed by atoms with van der Waals surface area (Å²) in [5.74, 6) is -3.70. The topological polar surface area (TPSA) is 66.0 Å². The molecule has 13 heteroatoms. The second kappa shape index (κ2) is 9.76. The average molecular weight is 486 g/mol. The Morgan fingerprint density at radius 2 is 1.53 bits per heavy atom. The van der Waals surface area contributed by atoms with Gasteiger partial charge in [-0.15, -0.1) is 0 Å². The number of aliphatic carboxylic acids is 1. The number of aromatic amines is 1. The van der Waals surface area contributed by atoms with Crippen LogP contribution in [0.5, 0.6) is 0 Å². The molecule has 0 unspecified atom stereocenters. The molecule has 0 spiro atoms. The molecule has 0 aliphatic heterocycles. The number of halogens is 8. The summed E-state index contributed by atoms with van der Waals surface area (Å²) in [6.07, 6.45) is -9.14. The van der Waals surface area contributed by atoms with Crippen molar-refractivity contribution in [2.24, 2.45) is 0 Å². The van der Waals surface area contributed by atoms with E-state index in [1.165, 1.54) is 12.1 Å². The largest absolute Gasteiger partial charge is 0.490 e. The second-order valence-electron chi connectivity index (χ2n) is 6.46. The lowest BCUT2D eigenvalue weighted by Gasteiger charge is -2.13. The Balaban J connectivity index is 0.000000451. The number of carboxylic acids is 1. The minimum atomic E-state index is -5.08. The molecule has 32 heavy (non-hydrogen) atoms. The Morgan fingerprint density at radius 3 is 1.97 bits per heavy atom. The molecule has 4 nitrogen and oxygen atoms in total. The Bertz CT molecular complexity index is 1040. The number of nitrogens with zero attached hydrogens (tertiary/aromatic N) is 1. The lowest BCUT2D eigenvalue weighted by molar-refractivity contribution is -0.192. The summed E-state index contributed by atoms with van der Waals surface area (Å²) < 4.78 is 97.1. The number of benzene rings is 2. The number of alkyl halides is 6. The number of rotatable bonds is 4. The molecule has 0 saturated carbocycles. The summed E-state index contributed by atoms with van der Waals surface area (Å²) in [5.41, 5.74) is -0.219. The second-order valence-corrected chi connectivity index (χ2v) is 6.82. The van der Waals surface area contributed by atoms with E-state index < -0.39 is 35.5 Å². The number of H-pyrrole nitrogens is 1. The fraction of sp³-hybridized carbons (Fsp3) is 0.263. The number of nitrogens with one attached hydrogen (secondary N) is 1. The first-order valence-electron chi connectivity index (χ1n) is 8.64. The van der Waals surface area contributed by atoms with Crippen LogP contribution in [0.15, 0.2) is 36.4 Å². The summed E-state index contributed by atoms with van der Waals surface area (Å²) in [6, 6.07) is 6.76. The van der Waals surface area contributed by atoms with Crippen molar-refractivity contribution in [2.45, 2.75) is 24.7 Å². The molecular formula is C19H14F8N2O2S. The van der Waals surface area contributed by atoms with Crippen molar-refractivity contribution in [2.75, 3.05) is 5.75 Å². The zero-order valence-electron chi connectivity index (χ0n) is 15.7. The number of carbonyl (C=O) groups is 1. The molecule has 174 valence electrons. The molecule has 0 fully saturated rings. The quantitative estimate of drug-likeness (QED) is 0.325. The summed E-state index contributed by atoms with van der Waals surface area (Å²) in [6.45, 7) is 0. The molecule has 2 aromatic carbocycles. The molecule has 0 radical (unpaired) electrons. The normalized spacial score (nSPS) is 12.9. The SMILES string of the molecule is Fc1ccc(F)c2[nH]c([C@@H](CS)Cc3ccc(C(F)(F)F)cc3)nc12.O=C(O)C(F)(F)F. The third-order valence-corrected chi connectivity index (χ3v) is 4.62. The van der Waals surface area contributed by atoms with Gasteiger partial charge in [-0.2, -0.15) is 39.0 Å². The Morgan fingerprint density at radius 1 is 1.00 bits per heavy atom. The van der Waals surface area contributed by atoms with Crippen molar-refractivity contribution in [3.8, 4) is 0 Å².